The molecule has 2 aromatic carbocycles. The minimum atomic E-state index is -0.886. The van der Waals surface area contributed by atoms with Crippen molar-refractivity contribution >= 4 is 17.5 Å². The number of nitrogens with zero attached hydrogens (tertiary/aromatic N) is 3. The van der Waals surface area contributed by atoms with Gasteiger partial charge in [0.1, 0.15) is 23.9 Å². The van der Waals surface area contributed by atoms with Crippen molar-refractivity contribution in [3.05, 3.63) is 59.7 Å². The Bertz CT molecular complexity index is 948. The van der Waals surface area contributed by atoms with Crippen LogP contribution < -0.4 is 9.75 Å². The molecule has 0 spiro atoms. The third kappa shape index (κ3) is 4.58. The molecule has 0 unspecified atom stereocenters. The summed E-state index contributed by atoms with van der Waals surface area (Å²) in [6.07, 6.45) is 0. The van der Waals surface area contributed by atoms with Gasteiger partial charge in [-0.15, -0.1) is 5.10 Å². The molecular weight excluding hydrogens is 396 g/mol. The molecule has 2 aliphatic heterocycles. The lowest BCUT2D eigenvalue weighted by atomic mass is 10.2. The predicted octanol–water partition coefficient (Wildman–Crippen LogP) is 2.40. The summed E-state index contributed by atoms with van der Waals surface area (Å²) in [5.74, 6) is -1.52. The molecule has 0 radical (unpaired) electrons. The number of para-hydroxylation sites is 1. The Labute approximate surface area is 172 Å². The van der Waals surface area contributed by atoms with E-state index < -0.39 is 17.5 Å². The third-order valence-corrected chi connectivity index (χ3v) is 4.78. The lowest BCUT2D eigenvalue weighted by molar-refractivity contribution is -0.121. The minimum absolute atomic E-state index is 0.125. The van der Waals surface area contributed by atoms with E-state index in [1.165, 1.54) is 6.07 Å². The van der Waals surface area contributed by atoms with E-state index >= 15 is 0 Å². The van der Waals surface area contributed by atoms with Gasteiger partial charge < -0.3 is 14.2 Å². The number of morpholine rings is 1. The van der Waals surface area contributed by atoms with Crippen LogP contribution in [0.3, 0.4) is 0 Å². The van der Waals surface area contributed by atoms with Crippen molar-refractivity contribution in [2.75, 3.05) is 51.1 Å². The molecule has 30 heavy (non-hydrogen) atoms. The number of carbonyl (C=O) groups excluding carboxylic acids is 1. The second-order valence-electron chi connectivity index (χ2n) is 6.79. The molecule has 4 rings (SSSR count). The summed E-state index contributed by atoms with van der Waals surface area (Å²) in [5, 5.41) is 5.05. The van der Waals surface area contributed by atoms with Crippen LogP contribution >= 0.6 is 0 Å². The molecule has 9 heteroatoms. The summed E-state index contributed by atoms with van der Waals surface area (Å²) in [6.45, 7) is 4.03. The zero-order valence-corrected chi connectivity index (χ0v) is 16.2. The molecule has 0 N–H and O–H groups in total. The van der Waals surface area contributed by atoms with Gasteiger partial charge in [-0.2, -0.15) is 5.01 Å². The van der Waals surface area contributed by atoms with E-state index in [4.69, 9.17) is 14.2 Å². The number of anilines is 1. The normalized spacial score (nSPS) is 17.5. The Morgan fingerprint density at radius 2 is 1.90 bits per heavy atom. The third-order valence-electron chi connectivity index (χ3n) is 4.78. The number of benzene rings is 2. The van der Waals surface area contributed by atoms with Crippen molar-refractivity contribution < 1.29 is 27.8 Å². The highest BCUT2D eigenvalue weighted by molar-refractivity contribution is 6.05. The molecule has 1 amide bonds. The van der Waals surface area contributed by atoms with Crippen molar-refractivity contribution in [2.45, 2.75) is 0 Å². The zero-order chi connectivity index (χ0) is 20.9. The van der Waals surface area contributed by atoms with Crippen LogP contribution in [0.25, 0.3) is 0 Å². The number of halogens is 2. The van der Waals surface area contributed by atoms with E-state index in [0.29, 0.717) is 37.2 Å². The topological polar surface area (TPSA) is 63.6 Å². The van der Waals surface area contributed by atoms with Crippen LogP contribution in [0, 0.1) is 11.6 Å². The number of ether oxygens (including phenoxy) is 3. The van der Waals surface area contributed by atoms with Gasteiger partial charge in [0.25, 0.3) is 5.91 Å². The number of carbonyl (C=O) groups is 1. The number of hydrogen-bond acceptors (Lipinski definition) is 6. The fraction of sp³-hybridized carbons (Fsp3) is 0.333. The molecule has 0 aromatic heterocycles. The SMILES string of the molecule is O=C1COC(c2ccccc2OCCN2CCOCC2)=NN1c1ccc(F)cc1F. The first-order chi connectivity index (χ1) is 14.6. The molecule has 0 atom stereocenters. The van der Waals surface area contributed by atoms with E-state index in [0.717, 1.165) is 30.7 Å². The van der Waals surface area contributed by atoms with Crippen LogP contribution in [0.1, 0.15) is 5.56 Å². The quantitative estimate of drug-likeness (QED) is 0.722. The van der Waals surface area contributed by atoms with E-state index in [2.05, 4.69) is 10.0 Å². The first-order valence-corrected chi connectivity index (χ1v) is 9.63. The van der Waals surface area contributed by atoms with Gasteiger partial charge in [-0.25, -0.2) is 8.78 Å². The Kier molecular flexibility index (Phi) is 6.20. The van der Waals surface area contributed by atoms with Crippen molar-refractivity contribution in [1.82, 2.24) is 4.90 Å². The van der Waals surface area contributed by atoms with Crippen molar-refractivity contribution in [1.29, 1.82) is 0 Å². The largest absolute Gasteiger partial charge is 0.491 e. The Morgan fingerprint density at radius 3 is 2.70 bits per heavy atom. The van der Waals surface area contributed by atoms with Crippen LogP contribution in [-0.2, 0) is 14.3 Å². The maximum atomic E-state index is 14.2. The summed E-state index contributed by atoms with van der Waals surface area (Å²) < 4.78 is 44.2. The molecule has 0 saturated carbocycles. The average Bonchev–Trinajstić information content (AvgIpc) is 2.76. The Hall–Kier alpha value is -3.04. The highest BCUT2D eigenvalue weighted by Crippen LogP contribution is 2.26. The van der Waals surface area contributed by atoms with Gasteiger partial charge in [0.2, 0.25) is 5.90 Å². The summed E-state index contributed by atoms with van der Waals surface area (Å²) in [5.41, 5.74) is 0.396. The Balaban J connectivity index is 1.53. The van der Waals surface area contributed by atoms with Gasteiger partial charge in [-0.1, -0.05) is 12.1 Å². The molecule has 0 aliphatic carbocycles. The fourth-order valence-electron chi connectivity index (χ4n) is 3.22. The second-order valence-corrected chi connectivity index (χ2v) is 6.79. The number of amides is 1. The van der Waals surface area contributed by atoms with E-state index in [9.17, 15) is 13.6 Å². The highest BCUT2D eigenvalue weighted by atomic mass is 19.1. The highest BCUT2D eigenvalue weighted by Gasteiger charge is 2.27. The number of hydrogen-bond donors (Lipinski definition) is 0. The van der Waals surface area contributed by atoms with Crippen LogP contribution in [0.15, 0.2) is 47.6 Å². The first kappa shape index (κ1) is 20.2. The molecule has 2 heterocycles. The standard InChI is InChI=1S/C21H21F2N3O4/c22-15-5-6-18(17(23)13-15)26-20(27)14-30-21(24-26)16-3-1-2-4-19(16)29-12-9-25-7-10-28-11-8-25/h1-6,13H,7-12,14H2. The average molecular weight is 417 g/mol. The summed E-state index contributed by atoms with van der Waals surface area (Å²) in [4.78, 5) is 14.5. The molecule has 1 saturated heterocycles. The van der Waals surface area contributed by atoms with Crippen LogP contribution in [0.5, 0.6) is 5.75 Å². The van der Waals surface area contributed by atoms with E-state index in [1.54, 1.807) is 18.2 Å². The van der Waals surface area contributed by atoms with Gasteiger partial charge in [-0.05, 0) is 24.3 Å². The maximum Gasteiger partial charge on any atom is 0.285 e. The molecule has 158 valence electrons. The molecule has 0 bridgehead atoms. The summed E-state index contributed by atoms with van der Waals surface area (Å²) >= 11 is 0. The van der Waals surface area contributed by atoms with Crippen molar-refractivity contribution in [3.63, 3.8) is 0 Å². The molecule has 2 aromatic rings. The van der Waals surface area contributed by atoms with E-state index in [1.807, 2.05) is 6.07 Å². The Morgan fingerprint density at radius 1 is 1.10 bits per heavy atom. The van der Waals surface area contributed by atoms with Gasteiger partial charge in [0, 0.05) is 25.7 Å². The monoisotopic (exact) mass is 417 g/mol. The van der Waals surface area contributed by atoms with Gasteiger partial charge in [0.15, 0.2) is 12.4 Å². The van der Waals surface area contributed by atoms with Crippen LogP contribution in [0.2, 0.25) is 0 Å². The van der Waals surface area contributed by atoms with E-state index in [-0.39, 0.29) is 18.2 Å². The smallest absolute Gasteiger partial charge is 0.285 e. The first-order valence-electron chi connectivity index (χ1n) is 9.63. The lowest BCUT2D eigenvalue weighted by Crippen LogP contribution is -2.39. The predicted molar refractivity (Wildman–Crippen MR) is 106 cm³/mol. The van der Waals surface area contributed by atoms with Crippen LogP contribution in [-0.4, -0.2) is 62.8 Å². The molecule has 1 fully saturated rings. The second kappa shape index (κ2) is 9.19. The molecule has 7 nitrogen and oxygen atoms in total. The summed E-state index contributed by atoms with van der Waals surface area (Å²) in [7, 11) is 0. The fourth-order valence-corrected chi connectivity index (χ4v) is 3.22. The van der Waals surface area contributed by atoms with Gasteiger partial charge in [-0.3, -0.25) is 9.69 Å². The van der Waals surface area contributed by atoms with Crippen molar-refractivity contribution in [2.24, 2.45) is 5.10 Å². The van der Waals surface area contributed by atoms with Gasteiger partial charge in [0.05, 0.1) is 18.8 Å². The van der Waals surface area contributed by atoms with Crippen LogP contribution in [0.4, 0.5) is 14.5 Å². The number of rotatable bonds is 6. The minimum Gasteiger partial charge on any atom is -0.491 e. The molecular formula is C21H21F2N3O4. The zero-order valence-electron chi connectivity index (χ0n) is 16.2. The van der Waals surface area contributed by atoms with Crippen molar-refractivity contribution in [3.8, 4) is 5.75 Å². The summed E-state index contributed by atoms with van der Waals surface area (Å²) in [6, 6.07) is 10.1. The number of hydrazone groups is 1. The maximum absolute atomic E-state index is 14.2. The van der Waals surface area contributed by atoms with Gasteiger partial charge >= 0.3 is 0 Å². The lowest BCUT2D eigenvalue weighted by Gasteiger charge is -2.27. The molecule has 2 aliphatic rings.